The molecule has 0 spiro atoms. The molecule has 0 bridgehead atoms. The van der Waals surface area contributed by atoms with Gasteiger partial charge in [-0.25, -0.2) is 4.79 Å². The van der Waals surface area contributed by atoms with E-state index in [0.29, 0.717) is 5.56 Å². The first kappa shape index (κ1) is 12.3. The minimum absolute atomic E-state index is 0.256. The van der Waals surface area contributed by atoms with Crippen LogP contribution in [0.3, 0.4) is 0 Å². The van der Waals surface area contributed by atoms with E-state index < -0.39 is 10.3 Å². The summed E-state index contributed by atoms with van der Waals surface area (Å²) in [6.45, 7) is 3.90. The molecule has 0 aliphatic carbocycles. The van der Waals surface area contributed by atoms with Gasteiger partial charge < -0.3 is 4.74 Å². The van der Waals surface area contributed by atoms with Crippen molar-refractivity contribution >= 4 is 29.2 Å². The molecule has 4 heteroatoms. The molecule has 0 radical (unpaired) electrons. The lowest BCUT2D eigenvalue weighted by Crippen LogP contribution is -2.25. The number of halogens is 2. The summed E-state index contributed by atoms with van der Waals surface area (Å²) in [4.78, 5) is 11.5. The molecule has 0 aromatic heterocycles. The zero-order valence-corrected chi connectivity index (χ0v) is 10.1. The fourth-order valence-corrected chi connectivity index (χ4v) is 1.46. The molecule has 15 heavy (non-hydrogen) atoms. The number of carbonyl (C=O) groups excluding carboxylic acids is 1. The molecule has 1 aromatic carbocycles. The first-order valence-electron chi connectivity index (χ1n) is 4.60. The maximum Gasteiger partial charge on any atom is 0.347 e. The first-order chi connectivity index (χ1) is 6.98. The van der Waals surface area contributed by atoms with Crippen LogP contribution in [0.2, 0.25) is 0 Å². The van der Waals surface area contributed by atoms with Crippen molar-refractivity contribution in [3.05, 3.63) is 35.4 Å². The Hall–Kier alpha value is -0.730. The van der Waals surface area contributed by atoms with Crippen LogP contribution in [0.5, 0.6) is 0 Å². The Morgan fingerprint density at radius 1 is 1.33 bits per heavy atom. The van der Waals surface area contributed by atoms with Crippen LogP contribution in [0.15, 0.2) is 24.3 Å². The molecule has 0 heterocycles. The number of hydrogen-bond donors (Lipinski definition) is 0. The molecule has 0 unspecified atom stereocenters. The van der Waals surface area contributed by atoms with Crippen molar-refractivity contribution in [3.63, 3.8) is 0 Å². The normalized spacial score (nSPS) is 11.2. The van der Waals surface area contributed by atoms with Gasteiger partial charge in [0, 0.05) is 0 Å². The summed E-state index contributed by atoms with van der Waals surface area (Å²) in [6, 6.07) is 7.11. The molecule has 1 aromatic rings. The van der Waals surface area contributed by atoms with E-state index in [9.17, 15) is 4.79 Å². The van der Waals surface area contributed by atoms with E-state index in [2.05, 4.69) is 0 Å². The number of aryl methyl sites for hydroxylation is 1. The van der Waals surface area contributed by atoms with Crippen molar-refractivity contribution in [1.82, 2.24) is 0 Å². The predicted octanol–water partition coefficient (Wildman–Crippen LogP) is 3.19. The number of esters is 1. The second-order valence-corrected chi connectivity index (χ2v) is 4.49. The molecule has 0 aliphatic heterocycles. The monoisotopic (exact) mass is 246 g/mol. The maximum atomic E-state index is 11.5. The highest BCUT2D eigenvalue weighted by atomic mass is 35.5. The standard InChI is InChI=1S/C11H12Cl2O2/c1-3-15-10(14)11(12,13)9-6-4-8(2)5-7-9/h4-7H,3H2,1-2H3. The number of hydrogen-bond acceptors (Lipinski definition) is 2. The van der Waals surface area contributed by atoms with Gasteiger partial charge in [-0.3, -0.25) is 0 Å². The lowest BCUT2D eigenvalue weighted by atomic mass is 10.1. The van der Waals surface area contributed by atoms with Crippen molar-refractivity contribution in [2.24, 2.45) is 0 Å². The van der Waals surface area contributed by atoms with Gasteiger partial charge in [0.05, 0.1) is 6.61 Å². The zero-order chi connectivity index (χ0) is 11.5. The van der Waals surface area contributed by atoms with Gasteiger partial charge in [0.1, 0.15) is 0 Å². The van der Waals surface area contributed by atoms with Crippen LogP contribution in [0.25, 0.3) is 0 Å². The highest BCUT2D eigenvalue weighted by molar-refractivity contribution is 6.56. The number of rotatable bonds is 3. The smallest absolute Gasteiger partial charge is 0.347 e. The summed E-state index contributed by atoms with van der Waals surface area (Å²) < 4.78 is 3.17. The maximum absolute atomic E-state index is 11.5. The van der Waals surface area contributed by atoms with E-state index >= 15 is 0 Å². The van der Waals surface area contributed by atoms with Crippen LogP contribution in [0, 0.1) is 6.92 Å². The minimum atomic E-state index is -1.62. The average Bonchev–Trinajstić information content (AvgIpc) is 2.18. The van der Waals surface area contributed by atoms with Crippen molar-refractivity contribution < 1.29 is 9.53 Å². The molecule has 2 nitrogen and oxygen atoms in total. The Labute approximate surface area is 99.1 Å². The number of alkyl halides is 2. The van der Waals surface area contributed by atoms with Gasteiger partial charge in [-0.15, -0.1) is 0 Å². The summed E-state index contributed by atoms with van der Waals surface area (Å²) in [5.41, 5.74) is 1.60. The quantitative estimate of drug-likeness (QED) is 0.605. The molecule has 0 aliphatic rings. The molecule has 0 N–H and O–H groups in total. The summed E-state index contributed by atoms with van der Waals surface area (Å²) in [5.74, 6) is -0.641. The highest BCUT2D eigenvalue weighted by Gasteiger charge is 2.37. The van der Waals surface area contributed by atoms with E-state index in [0.717, 1.165) is 5.56 Å². The van der Waals surface area contributed by atoms with Crippen LogP contribution in [-0.2, 0) is 13.9 Å². The molecule has 0 saturated carbocycles. The zero-order valence-electron chi connectivity index (χ0n) is 8.59. The average molecular weight is 247 g/mol. The highest BCUT2D eigenvalue weighted by Crippen LogP contribution is 2.35. The molecule has 0 fully saturated rings. The lowest BCUT2D eigenvalue weighted by Gasteiger charge is -2.17. The predicted molar refractivity (Wildman–Crippen MR) is 61.2 cm³/mol. The SMILES string of the molecule is CCOC(=O)C(Cl)(Cl)c1ccc(C)cc1. The van der Waals surface area contributed by atoms with Crippen molar-refractivity contribution in [3.8, 4) is 0 Å². The van der Waals surface area contributed by atoms with E-state index in [4.69, 9.17) is 27.9 Å². The molecule has 0 amide bonds. The summed E-state index contributed by atoms with van der Waals surface area (Å²) in [7, 11) is 0. The second-order valence-electron chi connectivity index (χ2n) is 3.16. The fourth-order valence-electron chi connectivity index (χ4n) is 1.10. The van der Waals surface area contributed by atoms with Crippen LogP contribution < -0.4 is 0 Å². The molecular formula is C11H12Cl2O2. The summed E-state index contributed by atoms with van der Waals surface area (Å²) in [6.07, 6.45) is 0. The van der Waals surface area contributed by atoms with Crippen molar-refractivity contribution in [1.29, 1.82) is 0 Å². The molecule has 1 rings (SSSR count). The molecular weight excluding hydrogens is 235 g/mol. The van der Waals surface area contributed by atoms with Gasteiger partial charge in [0.25, 0.3) is 0 Å². The Balaban J connectivity index is 2.94. The number of benzene rings is 1. The summed E-state index contributed by atoms with van der Waals surface area (Å²) in [5, 5.41) is 0. The third-order valence-electron chi connectivity index (χ3n) is 1.95. The first-order valence-corrected chi connectivity index (χ1v) is 5.36. The van der Waals surface area contributed by atoms with Crippen molar-refractivity contribution in [2.45, 2.75) is 18.2 Å². The van der Waals surface area contributed by atoms with E-state index in [-0.39, 0.29) is 6.61 Å². The van der Waals surface area contributed by atoms with Gasteiger partial charge in [0.2, 0.25) is 4.33 Å². The third-order valence-corrected chi connectivity index (χ3v) is 2.69. The Morgan fingerprint density at radius 2 is 1.87 bits per heavy atom. The van der Waals surface area contributed by atoms with Crippen LogP contribution in [-0.4, -0.2) is 12.6 Å². The fraction of sp³-hybridized carbons (Fsp3) is 0.364. The van der Waals surface area contributed by atoms with Gasteiger partial charge >= 0.3 is 5.97 Å². The van der Waals surface area contributed by atoms with Gasteiger partial charge in [-0.1, -0.05) is 53.0 Å². The Kier molecular flexibility index (Phi) is 4.00. The largest absolute Gasteiger partial charge is 0.464 e. The van der Waals surface area contributed by atoms with Crippen molar-refractivity contribution in [2.75, 3.05) is 6.61 Å². The van der Waals surface area contributed by atoms with Gasteiger partial charge in [-0.05, 0) is 19.4 Å². The summed E-state index contributed by atoms with van der Waals surface area (Å²) >= 11 is 11.9. The lowest BCUT2D eigenvalue weighted by molar-refractivity contribution is -0.144. The van der Waals surface area contributed by atoms with Crippen LogP contribution in [0.4, 0.5) is 0 Å². The number of carbonyl (C=O) groups is 1. The third kappa shape index (κ3) is 2.86. The Bertz CT molecular complexity index is 344. The van der Waals surface area contributed by atoms with Gasteiger partial charge in [-0.2, -0.15) is 0 Å². The molecule has 0 atom stereocenters. The van der Waals surface area contributed by atoms with E-state index in [1.807, 2.05) is 19.1 Å². The molecule has 82 valence electrons. The molecule has 0 saturated heterocycles. The Morgan fingerprint density at radius 3 is 2.33 bits per heavy atom. The topological polar surface area (TPSA) is 26.3 Å². The van der Waals surface area contributed by atoms with Gasteiger partial charge in [0.15, 0.2) is 0 Å². The van der Waals surface area contributed by atoms with E-state index in [1.54, 1.807) is 19.1 Å². The minimum Gasteiger partial charge on any atom is -0.464 e. The van der Waals surface area contributed by atoms with Crippen LogP contribution in [0.1, 0.15) is 18.1 Å². The number of ether oxygens (including phenoxy) is 1. The van der Waals surface area contributed by atoms with Crippen LogP contribution >= 0.6 is 23.2 Å². The second kappa shape index (κ2) is 4.86. The van der Waals surface area contributed by atoms with E-state index in [1.165, 1.54) is 0 Å².